The number of carbonyl (C=O) groups is 1. The maximum atomic E-state index is 12.5. The summed E-state index contributed by atoms with van der Waals surface area (Å²) in [6.07, 6.45) is 4.52. The Balaban J connectivity index is 1.46. The van der Waals surface area contributed by atoms with Crippen LogP contribution >= 0.6 is 0 Å². The molecule has 0 radical (unpaired) electrons. The summed E-state index contributed by atoms with van der Waals surface area (Å²) in [5.74, 6) is 1.24. The number of hydrogen-bond acceptors (Lipinski definition) is 6. The second-order valence-corrected chi connectivity index (χ2v) is 8.01. The maximum absolute atomic E-state index is 12.5. The normalized spacial score (nSPS) is 15.6. The second kappa shape index (κ2) is 8.35. The van der Waals surface area contributed by atoms with E-state index in [9.17, 15) is 4.79 Å². The van der Waals surface area contributed by atoms with Gasteiger partial charge in [-0.3, -0.25) is 9.69 Å². The van der Waals surface area contributed by atoms with Crippen LogP contribution < -0.4 is 15.4 Å². The first kappa shape index (κ1) is 19.5. The molecule has 1 amide bonds. The van der Waals surface area contributed by atoms with Crippen LogP contribution in [-0.4, -0.2) is 41.0 Å². The number of nitrogens with zero attached hydrogens (tertiary/aromatic N) is 3. The van der Waals surface area contributed by atoms with Gasteiger partial charge in [-0.1, -0.05) is 12.1 Å². The van der Waals surface area contributed by atoms with Gasteiger partial charge in [0.15, 0.2) is 0 Å². The summed E-state index contributed by atoms with van der Waals surface area (Å²) in [6.45, 7) is 3.18. The predicted molar refractivity (Wildman–Crippen MR) is 121 cm³/mol. The third kappa shape index (κ3) is 4.22. The van der Waals surface area contributed by atoms with Crippen LogP contribution in [0.2, 0.25) is 0 Å². The van der Waals surface area contributed by atoms with Crippen LogP contribution in [0.15, 0.2) is 48.7 Å². The largest absolute Gasteiger partial charge is 0.497 e. The first-order valence-electron chi connectivity index (χ1n) is 10.6. The highest BCUT2D eigenvalue weighted by molar-refractivity contribution is 6.00. The average molecular weight is 415 g/mol. The third-order valence-electron chi connectivity index (χ3n) is 5.78. The van der Waals surface area contributed by atoms with Crippen molar-refractivity contribution in [3.63, 3.8) is 0 Å². The molecule has 2 N–H and O–H groups in total. The Morgan fingerprint density at radius 1 is 1.13 bits per heavy atom. The van der Waals surface area contributed by atoms with Crippen molar-refractivity contribution in [3.05, 3.63) is 59.8 Å². The molecule has 1 aromatic heterocycles. The number of amides is 1. The molecule has 5 rings (SSSR count). The van der Waals surface area contributed by atoms with E-state index in [1.54, 1.807) is 13.3 Å². The van der Waals surface area contributed by atoms with Crippen molar-refractivity contribution in [2.24, 2.45) is 0 Å². The van der Waals surface area contributed by atoms with E-state index < -0.39 is 0 Å². The van der Waals surface area contributed by atoms with Crippen molar-refractivity contribution in [1.82, 2.24) is 14.9 Å². The molecular weight excluding hydrogens is 390 g/mol. The topological polar surface area (TPSA) is 79.4 Å². The fourth-order valence-electron chi connectivity index (χ4n) is 4.20. The summed E-state index contributed by atoms with van der Waals surface area (Å²) < 4.78 is 5.21. The lowest BCUT2D eigenvalue weighted by Crippen LogP contribution is -2.18. The zero-order valence-electron chi connectivity index (χ0n) is 17.5. The zero-order chi connectivity index (χ0) is 21.2. The van der Waals surface area contributed by atoms with Gasteiger partial charge >= 0.3 is 0 Å². The highest BCUT2D eigenvalue weighted by atomic mass is 16.5. The molecule has 3 heterocycles. The molecule has 3 aromatic rings. The molecule has 7 heteroatoms. The zero-order valence-corrected chi connectivity index (χ0v) is 17.5. The minimum absolute atomic E-state index is 0.0437. The number of ether oxygens (including phenoxy) is 1. The lowest BCUT2D eigenvalue weighted by atomic mass is 10.0. The van der Waals surface area contributed by atoms with Gasteiger partial charge in [-0.2, -0.15) is 0 Å². The molecule has 0 saturated carbocycles. The molecule has 0 bridgehead atoms. The van der Waals surface area contributed by atoms with E-state index in [2.05, 4.69) is 38.7 Å². The predicted octanol–water partition coefficient (Wildman–Crippen LogP) is 3.99. The Morgan fingerprint density at radius 2 is 1.94 bits per heavy atom. The Labute approximate surface area is 181 Å². The number of anilines is 3. The van der Waals surface area contributed by atoms with E-state index in [4.69, 9.17) is 9.72 Å². The lowest BCUT2D eigenvalue weighted by molar-refractivity contribution is -0.115. The molecule has 158 valence electrons. The van der Waals surface area contributed by atoms with Crippen molar-refractivity contribution < 1.29 is 9.53 Å². The Morgan fingerprint density at radius 3 is 2.71 bits per heavy atom. The number of carbonyl (C=O) groups excluding carboxylic acids is 1. The summed E-state index contributed by atoms with van der Waals surface area (Å²) in [4.78, 5) is 24.1. The highest BCUT2D eigenvalue weighted by Crippen LogP contribution is 2.34. The van der Waals surface area contributed by atoms with Gasteiger partial charge in [0.1, 0.15) is 5.75 Å². The smallest absolute Gasteiger partial charge is 0.228 e. The van der Waals surface area contributed by atoms with Gasteiger partial charge in [0, 0.05) is 29.6 Å². The second-order valence-electron chi connectivity index (χ2n) is 8.01. The van der Waals surface area contributed by atoms with Gasteiger partial charge in [0.2, 0.25) is 11.9 Å². The fraction of sp³-hybridized carbons (Fsp3) is 0.292. The number of likely N-dealkylation sites (tertiary alicyclic amines) is 1. The molecule has 1 fully saturated rings. The lowest BCUT2D eigenvalue weighted by Gasteiger charge is -2.16. The first-order valence-corrected chi connectivity index (χ1v) is 10.6. The molecule has 0 unspecified atom stereocenters. The van der Waals surface area contributed by atoms with Crippen LogP contribution in [0.25, 0.3) is 11.3 Å². The molecule has 0 spiro atoms. The Kier molecular flexibility index (Phi) is 5.26. The van der Waals surface area contributed by atoms with Crippen LogP contribution in [-0.2, 0) is 17.8 Å². The number of benzene rings is 2. The van der Waals surface area contributed by atoms with Gasteiger partial charge < -0.3 is 15.4 Å². The number of methoxy groups -OCH3 is 1. The third-order valence-corrected chi connectivity index (χ3v) is 5.78. The van der Waals surface area contributed by atoms with Gasteiger partial charge in [-0.05, 0) is 61.8 Å². The molecule has 0 atom stereocenters. The molecule has 1 saturated heterocycles. The van der Waals surface area contributed by atoms with Crippen molar-refractivity contribution in [2.75, 3.05) is 30.8 Å². The average Bonchev–Trinajstić information content (AvgIpc) is 3.24. The van der Waals surface area contributed by atoms with Gasteiger partial charge in [0.25, 0.3) is 0 Å². The van der Waals surface area contributed by atoms with Crippen molar-refractivity contribution >= 4 is 23.2 Å². The standard InChI is InChI=1S/C24H25N5O2/c1-31-19-7-5-18(6-8-19)26-24-25-14-17-13-22(30)27-21-12-16(15-29-10-2-3-11-29)4-9-20(21)23(17)28-24/h4-9,12,14H,2-3,10-11,13,15H2,1H3,(H,27,30)(H,25,26,28). The first-order chi connectivity index (χ1) is 15.2. The molecule has 0 aliphatic carbocycles. The van der Waals surface area contributed by atoms with E-state index in [0.29, 0.717) is 5.95 Å². The SMILES string of the molecule is COc1ccc(Nc2ncc3c(n2)-c2ccc(CN4CCCC4)cc2NC(=O)C3)cc1. The van der Waals surface area contributed by atoms with E-state index in [0.717, 1.165) is 53.6 Å². The monoisotopic (exact) mass is 415 g/mol. The molecule has 7 nitrogen and oxygen atoms in total. The number of nitrogens with one attached hydrogen (secondary N) is 2. The maximum Gasteiger partial charge on any atom is 0.228 e. The van der Waals surface area contributed by atoms with Gasteiger partial charge in [-0.25, -0.2) is 9.97 Å². The van der Waals surface area contributed by atoms with Crippen molar-refractivity contribution in [3.8, 4) is 17.0 Å². The number of hydrogen-bond donors (Lipinski definition) is 2. The molecular formula is C24H25N5O2. The van der Waals surface area contributed by atoms with Crippen LogP contribution in [0.4, 0.5) is 17.3 Å². The van der Waals surface area contributed by atoms with E-state index >= 15 is 0 Å². The fourth-order valence-corrected chi connectivity index (χ4v) is 4.20. The molecule has 2 aliphatic rings. The number of rotatable bonds is 5. The van der Waals surface area contributed by atoms with Crippen LogP contribution in [0.5, 0.6) is 5.75 Å². The number of fused-ring (bicyclic) bond motifs is 3. The number of aromatic nitrogens is 2. The quantitative estimate of drug-likeness (QED) is 0.656. The molecule has 2 aliphatic heterocycles. The van der Waals surface area contributed by atoms with Gasteiger partial charge in [-0.15, -0.1) is 0 Å². The Bertz CT molecular complexity index is 1110. The van der Waals surface area contributed by atoms with E-state index in [1.807, 2.05) is 24.3 Å². The summed E-state index contributed by atoms with van der Waals surface area (Å²) in [5.41, 5.74) is 5.41. The summed E-state index contributed by atoms with van der Waals surface area (Å²) in [5, 5.41) is 6.29. The van der Waals surface area contributed by atoms with Crippen molar-refractivity contribution in [1.29, 1.82) is 0 Å². The molecule has 31 heavy (non-hydrogen) atoms. The minimum Gasteiger partial charge on any atom is -0.497 e. The minimum atomic E-state index is -0.0437. The Hall–Kier alpha value is -3.45. The van der Waals surface area contributed by atoms with Crippen LogP contribution in [0.1, 0.15) is 24.0 Å². The van der Waals surface area contributed by atoms with Crippen molar-refractivity contribution in [2.45, 2.75) is 25.8 Å². The van der Waals surface area contributed by atoms with Gasteiger partial charge in [0.05, 0.1) is 24.9 Å². The van der Waals surface area contributed by atoms with E-state index in [-0.39, 0.29) is 12.3 Å². The van der Waals surface area contributed by atoms with Crippen LogP contribution in [0, 0.1) is 0 Å². The van der Waals surface area contributed by atoms with Crippen LogP contribution in [0.3, 0.4) is 0 Å². The highest BCUT2D eigenvalue weighted by Gasteiger charge is 2.22. The summed E-state index contributed by atoms with van der Waals surface area (Å²) in [7, 11) is 1.64. The summed E-state index contributed by atoms with van der Waals surface area (Å²) >= 11 is 0. The molecule has 2 aromatic carbocycles. The summed E-state index contributed by atoms with van der Waals surface area (Å²) in [6, 6.07) is 13.9. The van der Waals surface area contributed by atoms with E-state index in [1.165, 1.54) is 18.4 Å².